The van der Waals surface area contributed by atoms with E-state index in [4.69, 9.17) is 0 Å². The van der Waals surface area contributed by atoms with Crippen LogP contribution in [0.1, 0.15) is 34.6 Å². The molecule has 1 N–H and O–H groups in total. The van der Waals surface area contributed by atoms with E-state index in [1.54, 1.807) is 0 Å². The number of hydrogen-bond donors (Lipinski definition) is 1. The molecule has 1 fully saturated rings. The van der Waals surface area contributed by atoms with Crippen LogP contribution in [-0.2, 0) is 13.0 Å². The fraction of sp³-hybridized carbons (Fsp3) is 0.636. The molecule has 1 aliphatic carbocycles. The average molecular weight is 205 g/mol. The number of rotatable bonds is 3. The van der Waals surface area contributed by atoms with E-state index >= 15 is 0 Å². The number of fused-ring (bicyclic) bond motifs is 1. The van der Waals surface area contributed by atoms with Crippen LogP contribution in [0, 0.1) is 5.92 Å². The van der Waals surface area contributed by atoms with Crippen molar-refractivity contribution in [2.75, 3.05) is 13.1 Å². The van der Waals surface area contributed by atoms with Crippen molar-refractivity contribution in [3.8, 4) is 0 Å². The standard InChI is InChI=1S/C11H15N3O/c15-7-11-9-6-14(5-8-1-2-8)4-3-10(9)12-13-11/h7-8H,1-6H2,(H,12,13). The topological polar surface area (TPSA) is 49.0 Å². The summed E-state index contributed by atoms with van der Waals surface area (Å²) >= 11 is 0. The lowest BCUT2D eigenvalue weighted by Crippen LogP contribution is -2.32. The molecule has 0 bridgehead atoms. The van der Waals surface area contributed by atoms with Crippen LogP contribution in [0.15, 0.2) is 0 Å². The van der Waals surface area contributed by atoms with Crippen molar-refractivity contribution >= 4 is 6.29 Å². The Kier molecular flexibility index (Phi) is 2.09. The van der Waals surface area contributed by atoms with E-state index in [2.05, 4.69) is 15.1 Å². The van der Waals surface area contributed by atoms with E-state index in [0.29, 0.717) is 5.69 Å². The summed E-state index contributed by atoms with van der Waals surface area (Å²) in [5.74, 6) is 0.915. The minimum Gasteiger partial charge on any atom is -0.298 e. The minimum absolute atomic E-state index is 0.602. The summed E-state index contributed by atoms with van der Waals surface area (Å²) in [5, 5.41) is 6.98. The molecule has 2 aliphatic rings. The maximum atomic E-state index is 10.8. The summed E-state index contributed by atoms with van der Waals surface area (Å²) in [5.41, 5.74) is 2.88. The zero-order valence-electron chi connectivity index (χ0n) is 8.70. The minimum atomic E-state index is 0.602. The molecular weight excluding hydrogens is 190 g/mol. The molecular formula is C11H15N3O. The summed E-state index contributed by atoms with van der Waals surface area (Å²) < 4.78 is 0. The van der Waals surface area contributed by atoms with Gasteiger partial charge in [0.25, 0.3) is 0 Å². The predicted octanol–water partition coefficient (Wildman–Crippen LogP) is 0.990. The van der Waals surface area contributed by atoms with Gasteiger partial charge in [0.2, 0.25) is 0 Å². The number of aldehydes is 1. The maximum absolute atomic E-state index is 10.8. The largest absolute Gasteiger partial charge is 0.298 e. The van der Waals surface area contributed by atoms with Crippen LogP contribution in [0.5, 0.6) is 0 Å². The summed E-state index contributed by atoms with van der Waals surface area (Å²) in [6.07, 6.45) is 4.63. The molecule has 15 heavy (non-hydrogen) atoms. The van der Waals surface area contributed by atoms with Crippen molar-refractivity contribution in [3.63, 3.8) is 0 Å². The third-order valence-corrected chi connectivity index (χ3v) is 3.37. The molecule has 0 unspecified atom stereocenters. The van der Waals surface area contributed by atoms with Crippen molar-refractivity contribution in [2.45, 2.75) is 25.8 Å². The van der Waals surface area contributed by atoms with Gasteiger partial charge in [0, 0.05) is 37.3 Å². The van der Waals surface area contributed by atoms with Crippen LogP contribution in [0.4, 0.5) is 0 Å². The number of nitrogens with one attached hydrogen (secondary N) is 1. The first kappa shape index (κ1) is 9.09. The lowest BCUT2D eigenvalue weighted by Gasteiger charge is -2.26. The second-order valence-corrected chi connectivity index (χ2v) is 4.61. The molecule has 1 saturated carbocycles. The van der Waals surface area contributed by atoms with Gasteiger partial charge < -0.3 is 0 Å². The maximum Gasteiger partial charge on any atom is 0.170 e. The van der Waals surface area contributed by atoms with E-state index in [1.807, 2.05) is 0 Å². The Bertz CT molecular complexity index is 381. The highest BCUT2D eigenvalue weighted by atomic mass is 16.1. The summed E-state index contributed by atoms with van der Waals surface area (Å²) in [6.45, 7) is 3.20. The second-order valence-electron chi connectivity index (χ2n) is 4.61. The summed E-state index contributed by atoms with van der Waals surface area (Å²) in [6, 6.07) is 0. The molecule has 1 aromatic rings. The van der Waals surface area contributed by atoms with Crippen LogP contribution >= 0.6 is 0 Å². The highest BCUT2D eigenvalue weighted by Crippen LogP contribution is 2.31. The van der Waals surface area contributed by atoms with Gasteiger partial charge in [-0.1, -0.05) is 0 Å². The van der Waals surface area contributed by atoms with Crippen molar-refractivity contribution in [2.24, 2.45) is 5.92 Å². The average Bonchev–Trinajstić information content (AvgIpc) is 2.97. The third-order valence-electron chi connectivity index (χ3n) is 3.37. The number of hydrogen-bond acceptors (Lipinski definition) is 3. The van der Waals surface area contributed by atoms with Gasteiger partial charge in [0.1, 0.15) is 5.69 Å². The van der Waals surface area contributed by atoms with Crippen molar-refractivity contribution < 1.29 is 4.79 Å². The van der Waals surface area contributed by atoms with Gasteiger partial charge in [-0.05, 0) is 18.8 Å². The summed E-state index contributed by atoms with van der Waals surface area (Å²) in [4.78, 5) is 13.2. The SMILES string of the molecule is O=Cc1n[nH]c2c1CN(CC1CC1)CC2. The Balaban J connectivity index is 1.77. The van der Waals surface area contributed by atoms with Gasteiger partial charge in [0.05, 0.1) is 0 Å². The zero-order chi connectivity index (χ0) is 10.3. The van der Waals surface area contributed by atoms with Crippen LogP contribution in [0.2, 0.25) is 0 Å². The zero-order valence-corrected chi connectivity index (χ0v) is 8.70. The Morgan fingerprint density at radius 3 is 3.13 bits per heavy atom. The monoisotopic (exact) mass is 205 g/mol. The number of nitrogens with zero attached hydrogens (tertiary/aromatic N) is 2. The third kappa shape index (κ3) is 1.69. The normalized spacial score (nSPS) is 21.3. The smallest absolute Gasteiger partial charge is 0.170 e. The van der Waals surface area contributed by atoms with Crippen LogP contribution < -0.4 is 0 Å². The molecule has 1 aromatic heterocycles. The van der Waals surface area contributed by atoms with Gasteiger partial charge >= 0.3 is 0 Å². The molecule has 1 aliphatic heterocycles. The number of aromatic amines is 1. The molecule has 4 nitrogen and oxygen atoms in total. The molecule has 0 aromatic carbocycles. The first-order valence-electron chi connectivity index (χ1n) is 5.60. The lowest BCUT2D eigenvalue weighted by atomic mass is 10.1. The second kappa shape index (κ2) is 3.45. The highest BCUT2D eigenvalue weighted by molar-refractivity contribution is 5.74. The molecule has 0 saturated heterocycles. The number of carbonyl (C=O) groups is 1. The Hall–Kier alpha value is -1.16. The molecule has 0 spiro atoms. The van der Waals surface area contributed by atoms with Crippen molar-refractivity contribution in [1.29, 1.82) is 0 Å². The molecule has 2 heterocycles. The molecule has 0 radical (unpaired) electrons. The quantitative estimate of drug-likeness (QED) is 0.749. The van der Waals surface area contributed by atoms with Gasteiger partial charge in [0.15, 0.2) is 6.29 Å². The molecule has 80 valence electrons. The number of carbonyl (C=O) groups excluding carboxylic acids is 1. The predicted molar refractivity (Wildman–Crippen MR) is 55.7 cm³/mol. The van der Waals surface area contributed by atoms with E-state index in [-0.39, 0.29) is 0 Å². The fourth-order valence-corrected chi connectivity index (χ4v) is 2.29. The molecule has 0 atom stereocenters. The first-order valence-corrected chi connectivity index (χ1v) is 5.60. The Morgan fingerprint density at radius 2 is 2.40 bits per heavy atom. The van der Waals surface area contributed by atoms with E-state index < -0.39 is 0 Å². The lowest BCUT2D eigenvalue weighted by molar-refractivity contribution is 0.111. The number of aromatic nitrogens is 2. The van der Waals surface area contributed by atoms with E-state index in [1.165, 1.54) is 19.4 Å². The summed E-state index contributed by atoms with van der Waals surface area (Å²) in [7, 11) is 0. The highest BCUT2D eigenvalue weighted by Gasteiger charge is 2.27. The molecule has 0 amide bonds. The van der Waals surface area contributed by atoms with E-state index in [9.17, 15) is 4.79 Å². The first-order chi connectivity index (χ1) is 7.36. The van der Waals surface area contributed by atoms with E-state index in [0.717, 1.165) is 43.0 Å². The Morgan fingerprint density at radius 1 is 1.53 bits per heavy atom. The van der Waals surface area contributed by atoms with Crippen LogP contribution in [-0.4, -0.2) is 34.5 Å². The van der Waals surface area contributed by atoms with Gasteiger partial charge in [-0.3, -0.25) is 14.8 Å². The number of H-pyrrole nitrogens is 1. The van der Waals surface area contributed by atoms with Crippen molar-refractivity contribution in [1.82, 2.24) is 15.1 Å². The van der Waals surface area contributed by atoms with Gasteiger partial charge in [-0.15, -0.1) is 0 Å². The van der Waals surface area contributed by atoms with Crippen LogP contribution in [0.25, 0.3) is 0 Å². The fourth-order valence-electron chi connectivity index (χ4n) is 2.29. The van der Waals surface area contributed by atoms with Crippen LogP contribution in [0.3, 0.4) is 0 Å². The molecule has 3 rings (SSSR count). The molecule has 4 heteroatoms. The van der Waals surface area contributed by atoms with Gasteiger partial charge in [-0.2, -0.15) is 5.10 Å². The Labute approximate surface area is 88.7 Å². The van der Waals surface area contributed by atoms with Crippen molar-refractivity contribution in [3.05, 3.63) is 17.0 Å². The van der Waals surface area contributed by atoms with Gasteiger partial charge in [-0.25, -0.2) is 0 Å².